The Morgan fingerprint density at radius 2 is 2.50 bits per heavy atom. The minimum absolute atomic E-state index is 0.171. The first-order valence-electron chi connectivity index (χ1n) is 4.62. The molecule has 4 nitrogen and oxygen atoms in total. The summed E-state index contributed by atoms with van der Waals surface area (Å²) < 4.78 is 1.56. The summed E-state index contributed by atoms with van der Waals surface area (Å²) in [5.41, 5.74) is 0.382. The Hall–Kier alpha value is -1.63. The molecule has 1 unspecified atom stereocenters. The first-order chi connectivity index (χ1) is 6.69. The van der Waals surface area contributed by atoms with E-state index in [0.717, 1.165) is 6.42 Å². The lowest BCUT2D eigenvalue weighted by Crippen LogP contribution is -2.13. The van der Waals surface area contributed by atoms with Crippen LogP contribution in [0.2, 0.25) is 0 Å². The molecule has 4 heteroatoms. The van der Waals surface area contributed by atoms with Crippen LogP contribution in [0.1, 0.15) is 30.3 Å². The predicted molar refractivity (Wildman–Crippen MR) is 51.5 cm³/mol. The molecule has 0 aliphatic rings. The third kappa shape index (κ3) is 2.19. The van der Waals surface area contributed by atoms with E-state index in [9.17, 15) is 4.79 Å². The number of aryl methyl sites for hydroxylation is 1. The molecule has 1 rings (SSSR count). The maximum Gasteiger partial charge on any atom is 0.200 e. The number of nitriles is 1. The van der Waals surface area contributed by atoms with E-state index >= 15 is 0 Å². The van der Waals surface area contributed by atoms with Crippen LogP contribution in [0.15, 0.2) is 12.3 Å². The highest BCUT2D eigenvalue weighted by atomic mass is 16.1. The Kier molecular flexibility index (Phi) is 3.41. The van der Waals surface area contributed by atoms with Crippen molar-refractivity contribution >= 4 is 5.78 Å². The highest BCUT2D eigenvalue weighted by molar-refractivity contribution is 5.97. The van der Waals surface area contributed by atoms with Gasteiger partial charge in [-0.3, -0.25) is 9.48 Å². The molecule has 0 amide bonds. The van der Waals surface area contributed by atoms with E-state index in [0.29, 0.717) is 12.1 Å². The Bertz CT molecular complexity index is 362. The lowest BCUT2D eigenvalue weighted by Gasteiger charge is -2.02. The van der Waals surface area contributed by atoms with Crippen molar-refractivity contribution < 1.29 is 4.79 Å². The maximum atomic E-state index is 11.7. The number of carbonyl (C=O) groups excluding carboxylic acids is 1. The second-order valence-corrected chi connectivity index (χ2v) is 3.21. The minimum atomic E-state index is -0.546. The normalized spacial score (nSPS) is 12.1. The van der Waals surface area contributed by atoms with E-state index in [1.54, 1.807) is 24.0 Å². The van der Waals surface area contributed by atoms with Gasteiger partial charge in [-0.05, 0) is 12.5 Å². The van der Waals surface area contributed by atoms with Crippen molar-refractivity contribution in [1.82, 2.24) is 9.78 Å². The smallest absolute Gasteiger partial charge is 0.200 e. The zero-order valence-electron chi connectivity index (χ0n) is 8.40. The lowest BCUT2D eigenvalue weighted by atomic mass is 9.98. The van der Waals surface area contributed by atoms with Crippen molar-refractivity contribution in [1.29, 1.82) is 5.26 Å². The van der Waals surface area contributed by atoms with Gasteiger partial charge in [0, 0.05) is 13.2 Å². The standard InChI is InChI=1S/C10H13N3O/c1-3-4-8(7-11)10(14)9-5-6-13(2)12-9/h5-6,8H,3-4H2,1-2H3. The Morgan fingerprint density at radius 3 is 2.93 bits per heavy atom. The third-order valence-electron chi connectivity index (χ3n) is 2.02. The molecule has 0 radical (unpaired) electrons. The number of rotatable bonds is 4. The van der Waals surface area contributed by atoms with E-state index in [4.69, 9.17) is 5.26 Å². The van der Waals surface area contributed by atoms with Gasteiger partial charge in [0.05, 0.1) is 6.07 Å². The van der Waals surface area contributed by atoms with Crippen LogP contribution in [0.4, 0.5) is 0 Å². The largest absolute Gasteiger partial charge is 0.291 e. The van der Waals surface area contributed by atoms with Gasteiger partial charge >= 0.3 is 0 Å². The summed E-state index contributed by atoms with van der Waals surface area (Å²) in [7, 11) is 1.75. The number of Topliss-reactive ketones (excluding diaryl/α,β-unsaturated/α-hetero) is 1. The Morgan fingerprint density at radius 1 is 1.79 bits per heavy atom. The molecule has 74 valence electrons. The number of hydrogen-bond acceptors (Lipinski definition) is 3. The fourth-order valence-corrected chi connectivity index (χ4v) is 1.27. The predicted octanol–water partition coefficient (Wildman–Crippen LogP) is 1.54. The van der Waals surface area contributed by atoms with E-state index < -0.39 is 5.92 Å². The van der Waals surface area contributed by atoms with Gasteiger partial charge in [-0.25, -0.2) is 0 Å². The van der Waals surface area contributed by atoms with Gasteiger partial charge in [0.1, 0.15) is 11.6 Å². The molecule has 0 bridgehead atoms. The molecule has 1 aromatic heterocycles. The fourth-order valence-electron chi connectivity index (χ4n) is 1.27. The zero-order chi connectivity index (χ0) is 10.6. The summed E-state index contributed by atoms with van der Waals surface area (Å²) in [5.74, 6) is -0.718. The maximum absolute atomic E-state index is 11.7. The van der Waals surface area contributed by atoms with E-state index in [-0.39, 0.29) is 5.78 Å². The molecule has 1 heterocycles. The number of aromatic nitrogens is 2. The number of hydrogen-bond donors (Lipinski definition) is 0. The van der Waals surface area contributed by atoms with Crippen molar-refractivity contribution in [3.05, 3.63) is 18.0 Å². The third-order valence-corrected chi connectivity index (χ3v) is 2.02. The minimum Gasteiger partial charge on any atom is -0.291 e. The zero-order valence-corrected chi connectivity index (χ0v) is 8.40. The molecule has 1 aromatic rings. The van der Waals surface area contributed by atoms with Crippen LogP contribution in [0, 0.1) is 17.2 Å². The molecule has 0 spiro atoms. The molecule has 0 aromatic carbocycles. The van der Waals surface area contributed by atoms with Crippen LogP contribution in [0.3, 0.4) is 0 Å². The summed E-state index contributed by atoms with van der Waals surface area (Å²) in [6.45, 7) is 1.95. The average molecular weight is 191 g/mol. The van der Waals surface area contributed by atoms with Gasteiger partial charge in [-0.15, -0.1) is 0 Å². The van der Waals surface area contributed by atoms with Crippen molar-refractivity contribution in [2.24, 2.45) is 13.0 Å². The van der Waals surface area contributed by atoms with Crippen LogP contribution < -0.4 is 0 Å². The molecular formula is C10H13N3O. The van der Waals surface area contributed by atoms with Gasteiger partial charge in [-0.2, -0.15) is 10.4 Å². The van der Waals surface area contributed by atoms with Gasteiger partial charge in [0.15, 0.2) is 5.78 Å². The van der Waals surface area contributed by atoms with Crippen LogP contribution in [0.5, 0.6) is 0 Å². The summed E-state index contributed by atoms with van der Waals surface area (Å²) in [6, 6.07) is 3.65. The topological polar surface area (TPSA) is 58.7 Å². The number of carbonyl (C=O) groups is 1. The second kappa shape index (κ2) is 4.56. The van der Waals surface area contributed by atoms with Gasteiger partial charge in [-0.1, -0.05) is 13.3 Å². The monoisotopic (exact) mass is 191 g/mol. The quantitative estimate of drug-likeness (QED) is 0.678. The first kappa shape index (κ1) is 10.5. The fraction of sp³-hybridized carbons (Fsp3) is 0.500. The molecule has 0 saturated heterocycles. The molecular weight excluding hydrogens is 178 g/mol. The summed E-state index contributed by atoms with van der Waals surface area (Å²) in [4.78, 5) is 11.7. The Balaban J connectivity index is 2.79. The van der Waals surface area contributed by atoms with Gasteiger partial charge in [0.2, 0.25) is 0 Å². The second-order valence-electron chi connectivity index (χ2n) is 3.21. The summed E-state index contributed by atoms with van der Waals surface area (Å²) in [5, 5.41) is 12.8. The molecule has 0 aliphatic carbocycles. The van der Waals surface area contributed by atoms with E-state index in [2.05, 4.69) is 5.10 Å². The summed E-state index contributed by atoms with van der Waals surface area (Å²) >= 11 is 0. The summed E-state index contributed by atoms with van der Waals surface area (Å²) in [6.07, 6.45) is 3.14. The van der Waals surface area contributed by atoms with E-state index in [1.807, 2.05) is 13.0 Å². The van der Waals surface area contributed by atoms with Crippen molar-refractivity contribution in [3.63, 3.8) is 0 Å². The van der Waals surface area contributed by atoms with E-state index in [1.165, 1.54) is 0 Å². The lowest BCUT2D eigenvalue weighted by molar-refractivity contribution is 0.0938. The number of ketones is 1. The number of nitrogens with zero attached hydrogens (tertiary/aromatic N) is 3. The van der Waals surface area contributed by atoms with Gasteiger partial charge < -0.3 is 0 Å². The van der Waals surface area contributed by atoms with Crippen LogP contribution in [-0.2, 0) is 7.05 Å². The average Bonchev–Trinajstić information content (AvgIpc) is 2.60. The molecule has 0 saturated carbocycles. The molecule has 1 atom stereocenters. The SMILES string of the molecule is CCCC(C#N)C(=O)c1ccn(C)n1. The van der Waals surface area contributed by atoms with Crippen molar-refractivity contribution in [2.75, 3.05) is 0 Å². The van der Waals surface area contributed by atoms with Crippen molar-refractivity contribution in [2.45, 2.75) is 19.8 Å². The Labute approximate surface area is 83.1 Å². The van der Waals surface area contributed by atoms with Crippen LogP contribution >= 0.6 is 0 Å². The molecule has 0 fully saturated rings. The van der Waals surface area contributed by atoms with Crippen LogP contribution in [0.25, 0.3) is 0 Å². The van der Waals surface area contributed by atoms with Crippen molar-refractivity contribution in [3.8, 4) is 6.07 Å². The molecule has 0 aliphatic heterocycles. The van der Waals surface area contributed by atoms with Gasteiger partial charge in [0.25, 0.3) is 0 Å². The highest BCUT2D eigenvalue weighted by Crippen LogP contribution is 2.11. The molecule has 0 N–H and O–H groups in total. The first-order valence-corrected chi connectivity index (χ1v) is 4.62. The van der Waals surface area contributed by atoms with Crippen LogP contribution in [-0.4, -0.2) is 15.6 Å². The highest BCUT2D eigenvalue weighted by Gasteiger charge is 2.20. The molecule has 14 heavy (non-hydrogen) atoms.